The minimum atomic E-state index is -0.269. The molecule has 0 heterocycles. The molecule has 5 nitrogen and oxygen atoms in total. The van der Waals surface area contributed by atoms with E-state index in [9.17, 15) is 10.1 Å². The predicted molar refractivity (Wildman–Crippen MR) is 103 cm³/mol. The van der Waals surface area contributed by atoms with E-state index in [0.29, 0.717) is 18.6 Å². The number of anilines is 1. The Morgan fingerprint density at radius 1 is 1.36 bits per heavy atom. The number of ether oxygens (including phenoxy) is 1. The van der Waals surface area contributed by atoms with Crippen LogP contribution in [-0.2, 0) is 4.74 Å². The van der Waals surface area contributed by atoms with Crippen molar-refractivity contribution in [3.8, 4) is 0 Å². The van der Waals surface area contributed by atoms with Gasteiger partial charge in [0.1, 0.15) is 5.69 Å². The van der Waals surface area contributed by atoms with Gasteiger partial charge in [0.05, 0.1) is 11.5 Å². The summed E-state index contributed by atoms with van der Waals surface area (Å²) in [5.74, 6) is 0.449. The first-order valence-electron chi connectivity index (χ1n) is 9.16. The van der Waals surface area contributed by atoms with Gasteiger partial charge in [0.15, 0.2) is 0 Å². The summed E-state index contributed by atoms with van der Waals surface area (Å²) in [7, 11) is 1.60. The molecule has 1 aromatic carbocycles. The van der Waals surface area contributed by atoms with Crippen LogP contribution < -0.4 is 4.90 Å². The van der Waals surface area contributed by atoms with Gasteiger partial charge in [-0.2, -0.15) is 0 Å². The zero-order valence-electron chi connectivity index (χ0n) is 15.7. The quantitative estimate of drug-likeness (QED) is 0.488. The van der Waals surface area contributed by atoms with Gasteiger partial charge < -0.3 is 9.64 Å². The predicted octanol–water partition coefficient (Wildman–Crippen LogP) is 5.05. The average molecular weight is 346 g/mol. The minimum absolute atomic E-state index is 0.168. The molecule has 1 aliphatic carbocycles. The molecule has 1 aromatic rings. The standard InChI is InChI=1S/C20H30N2O3/c1-15(2)13-21(18-8-6-5-7-9-18)19-11-10-17(16(3)14-25-4)12-20(19)22(23)24/h10-12,15,18H,3,5-9,13-14H2,1-2,4H3. The summed E-state index contributed by atoms with van der Waals surface area (Å²) in [5.41, 5.74) is 2.43. The second kappa shape index (κ2) is 8.99. The van der Waals surface area contributed by atoms with Crippen molar-refractivity contribution in [3.63, 3.8) is 0 Å². The van der Waals surface area contributed by atoms with Gasteiger partial charge in [0.2, 0.25) is 0 Å². The number of nitrogens with zero attached hydrogens (tertiary/aromatic N) is 2. The minimum Gasteiger partial charge on any atom is -0.380 e. The number of hydrogen-bond acceptors (Lipinski definition) is 4. The third-order valence-electron chi connectivity index (χ3n) is 4.79. The molecule has 0 amide bonds. The van der Waals surface area contributed by atoms with Gasteiger partial charge in [0, 0.05) is 25.8 Å². The van der Waals surface area contributed by atoms with E-state index in [1.165, 1.54) is 19.3 Å². The van der Waals surface area contributed by atoms with E-state index >= 15 is 0 Å². The van der Waals surface area contributed by atoms with Crippen LogP contribution in [0.5, 0.6) is 0 Å². The highest BCUT2D eigenvalue weighted by Crippen LogP contribution is 2.36. The SMILES string of the molecule is C=C(COC)c1ccc(N(CC(C)C)C2CCCCC2)c([N+](=O)[O-])c1. The van der Waals surface area contributed by atoms with Crippen LogP contribution in [0.15, 0.2) is 24.8 Å². The zero-order valence-corrected chi connectivity index (χ0v) is 15.7. The molecular weight excluding hydrogens is 316 g/mol. The van der Waals surface area contributed by atoms with Crippen molar-refractivity contribution in [2.75, 3.05) is 25.2 Å². The monoisotopic (exact) mass is 346 g/mol. The molecule has 0 bridgehead atoms. The molecule has 138 valence electrons. The van der Waals surface area contributed by atoms with E-state index in [0.717, 1.165) is 36.2 Å². The highest BCUT2D eigenvalue weighted by molar-refractivity contribution is 5.73. The van der Waals surface area contributed by atoms with Gasteiger partial charge >= 0.3 is 0 Å². The van der Waals surface area contributed by atoms with Crippen molar-refractivity contribution in [1.82, 2.24) is 0 Å². The van der Waals surface area contributed by atoms with Crippen molar-refractivity contribution in [2.45, 2.75) is 52.0 Å². The number of nitro benzene ring substituents is 1. The van der Waals surface area contributed by atoms with Crippen LogP contribution >= 0.6 is 0 Å². The maximum atomic E-state index is 11.7. The van der Waals surface area contributed by atoms with Crippen LogP contribution in [0.25, 0.3) is 5.57 Å². The van der Waals surface area contributed by atoms with Gasteiger partial charge in [-0.1, -0.05) is 45.8 Å². The first-order valence-corrected chi connectivity index (χ1v) is 9.16. The Morgan fingerprint density at radius 2 is 2.04 bits per heavy atom. The molecule has 0 atom stereocenters. The Morgan fingerprint density at radius 3 is 2.60 bits per heavy atom. The maximum Gasteiger partial charge on any atom is 0.293 e. The topological polar surface area (TPSA) is 55.6 Å². The molecule has 0 unspecified atom stereocenters. The Kier molecular flexibility index (Phi) is 7.00. The highest BCUT2D eigenvalue weighted by atomic mass is 16.6. The number of hydrogen-bond donors (Lipinski definition) is 0. The Bertz CT molecular complexity index is 607. The molecule has 2 rings (SSSR count). The van der Waals surface area contributed by atoms with Crippen molar-refractivity contribution in [3.05, 3.63) is 40.5 Å². The number of methoxy groups -OCH3 is 1. The van der Waals surface area contributed by atoms with Crippen molar-refractivity contribution in [1.29, 1.82) is 0 Å². The van der Waals surface area contributed by atoms with Crippen LogP contribution in [0.3, 0.4) is 0 Å². The number of rotatable bonds is 8. The molecule has 0 radical (unpaired) electrons. The van der Waals surface area contributed by atoms with Crippen LogP contribution in [0.1, 0.15) is 51.5 Å². The molecule has 0 aromatic heterocycles. The lowest BCUT2D eigenvalue weighted by atomic mass is 9.92. The second-order valence-corrected chi connectivity index (χ2v) is 7.34. The third-order valence-corrected chi connectivity index (χ3v) is 4.79. The number of nitro groups is 1. The Balaban J connectivity index is 2.40. The van der Waals surface area contributed by atoms with Gasteiger partial charge in [0.25, 0.3) is 5.69 Å². The summed E-state index contributed by atoms with van der Waals surface area (Å²) in [6.45, 7) is 9.50. The molecule has 5 heteroatoms. The molecule has 1 aliphatic rings. The van der Waals surface area contributed by atoms with E-state index in [-0.39, 0.29) is 10.6 Å². The molecule has 0 saturated heterocycles. The van der Waals surface area contributed by atoms with E-state index in [1.54, 1.807) is 13.2 Å². The zero-order chi connectivity index (χ0) is 18.4. The summed E-state index contributed by atoms with van der Waals surface area (Å²) < 4.78 is 5.10. The molecule has 25 heavy (non-hydrogen) atoms. The van der Waals surface area contributed by atoms with Crippen LogP contribution in [0.2, 0.25) is 0 Å². The summed E-state index contributed by atoms with van der Waals surface area (Å²) in [6, 6.07) is 5.86. The van der Waals surface area contributed by atoms with E-state index < -0.39 is 0 Å². The Labute approximate surface area is 150 Å². The molecular formula is C20H30N2O3. The van der Waals surface area contributed by atoms with E-state index in [1.807, 2.05) is 12.1 Å². The number of benzene rings is 1. The average Bonchev–Trinajstić information content (AvgIpc) is 2.60. The summed E-state index contributed by atoms with van der Waals surface area (Å²) in [5, 5.41) is 11.7. The van der Waals surface area contributed by atoms with E-state index in [4.69, 9.17) is 4.74 Å². The Hall–Kier alpha value is -1.88. The van der Waals surface area contributed by atoms with Crippen LogP contribution in [-0.4, -0.2) is 31.2 Å². The fraction of sp³-hybridized carbons (Fsp3) is 0.600. The molecule has 1 saturated carbocycles. The van der Waals surface area contributed by atoms with Gasteiger partial charge in [-0.05, 0) is 36.0 Å². The lowest BCUT2D eigenvalue weighted by Gasteiger charge is -2.37. The normalized spacial score (nSPS) is 15.4. The molecule has 1 fully saturated rings. The molecule has 0 N–H and O–H groups in total. The van der Waals surface area contributed by atoms with Crippen molar-refractivity contribution in [2.24, 2.45) is 5.92 Å². The third kappa shape index (κ3) is 5.05. The van der Waals surface area contributed by atoms with Crippen LogP contribution in [0, 0.1) is 16.0 Å². The first kappa shape index (κ1) is 19.4. The summed E-state index contributed by atoms with van der Waals surface area (Å²) >= 11 is 0. The first-order chi connectivity index (χ1) is 11.9. The fourth-order valence-electron chi connectivity index (χ4n) is 3.62. The lowest BCUT2D eigenvalue weighted by Crippen LogP contribution is -2.39. The van der Waals surface area contributed by atoms with Gasteiger partial charge in [-0.15, -0.1) is 0 Å². The maximum absolute atomic E-state index is 11.7. The van der Waals surface area contributed by atoms with Gasteiger partial charge in [-0.25, -0.2) is 0 Å². The molecule has 0 spiro atoms. The highest BCUT2D eigenvalue weighted by Gasteiger charge is 2.28. The lowest BCUT2D eigenvalue weighted by molar-refractivity contribution is -0.384. The molecule has 0 aliphatic heterocycles. The van der Waals surface area contributed by atoms with Crippen molar-refractivity contribution < 1.29 is 9.66 Å². The smallest absolute Gasteiger partial charge is 0.293 e. The van der Waals surface area contributed by atoms with Crippen molar-refractivity contribution >= 4 is 16.9 Å². The van der Waals surface area contributed by atoms with Crippen LogP contribution in [0.4, 0.5) is 11.4 Å². The summed E-state index contributed by atoms with van der Waals surface area (Å²) in [6.07, 6.45) is 5.90. The van der Waals surface area contributed by atoms with E-state index in [2.05, 4.69) is 25.3 Å². The van der Waals surface area contributed by atoms with Gasteiger partial charge in [-0.3, -0.25) is 10.1 Å². The fourth-order valence-corrected chi connectivity index (χ4v) is 3.62. The second-order valence-electron chi connectivity index (χ2n) is 7.34. The summed E-state index contributed by atoms with van der Waals surface area (Å²) in [4.78, 5) is 13.7. The largest absolute Gasteiger partial charge is 0.380 e.